The maximum atomic E-state index is 10.9. The highest BCUT2D eigenvalue weighted by molar-refractivity contribution is 5.93. The minimum absolute atomic E-state index is 0.00650. The van der Waals surface area contributed by atoms with Crippen LogP contribution in [0.25, 0.3) is 0 Å². The molecule has 0 saturated heterocycles. The first-order valence-electron chi connectivity index (χ1n) is 5.23. The number of rotatable bonds is 6. The van der Waals surface area contributed by atoms with E-state index >= 15 is 0 Å². The van der Waals surface area contributed by atoms with Crippen molar-refractivity contribution in [1.29, 1.82) is 0 Å². The van der Waals surface area contributed by atoms with Crippen molar-refractivity contribution in [3.05, 3.63) is 33.9 Å². The number of nitrogens with zero attached hydrogens (tertiary/aromatic N) is 1. The van der Waals surface area contributed by atoms with Crippen LogP contribution in [0, 0.1) is 10.1 Å². The van der Waals surface area contributed by atoms with Crippen LogP contribution in [-0.2, 0) is 9.53 Å². The Balaban J connectivity index is 2.85. The third-order valence-corrected chi connectivity index (χ3v) is 2.23. The van der Waals surface area contributed by atoms with E-state index in [9.17, 15) is 19.7 Å². The molecule has 8 heteroatoms. The Morgan fingerprint density at radius 3 is 2.63 bits per heavy atom. The molecule has 0 unspecified atom stereocenters. The van der Waals surface area contributed by atoms with Gasteiger partial charge in [-0.15, -0.1) is 0 Å². The van der Waals surface area contributed by atoms with Crippen LogP contribution in [0.15, 0.2) is 18.2 Å². The van der Waals surface area contributed by atoms with Gasteiger partial charge < -0.3 is 15.2 Å². The summed E-state index contributed by atoms with van der Waals surface area (Å²) in [6, 6.07) is 3.59. The molecule has 0 spiro atoms. The summed E-state index contributed by atoms with van der Waals surface area (Å²) in [5, 5.41) is 10.8. The van der Waals surface area contributed by atoms with Gasteiger partial charge in [-0.05, 0) is 12.1 Å². The lowest BCUT2D eigenvalue weighted by Crippen LogP contribution is -2.12. The molecule has 0 aliphatic heterocycles. The number of methoxy groups -OCH3 is 1. The zero-order chi connectivity index (χ0) is 14.4. The number of ether oxygens (including phenoxy) is 2. The highest BCUT2D eigenvalue weighted by Crippen LogP contribution is 2.27. The van der Waals surface area contributed by atoms with Crippen molar-refractivity contribution in [3.8, 4) is 5.75 Å². The molecule has 2 N–H and O–H groups in total. The lowest BCUT2D eigenvalue weighted by Gasteiger charge is -2.06. The molecule has 0 aliphatic rings. The Morgan fingerprint density at radius 1 is 1.42 bits per heavy atom. The Labute approximate surface area is 108 Å². The van der Waals surface area contributed by atoms with Crippen LogP contribution in [0.4, 0.5) is 5.69 Å². The molecule has 0 saturated carbocycles. The number of amides is 1. The minimum Gasteiger partial charge on any atom is -0.486 e. The largest absolute Gasteiger partial charge is 0.486 e. The second kappa shape index (κ2) is 6.34. The number of hydrogen-bond acceptors (Lipinski definition) is 6. The molecule has 0 radical (unpaired) electrons. The summed E-state index contributed by atoms with van der Waals surface area (Å²) >= 11 is 0. The maximum Gasteiger partial charge on any atom is 0.311 e. The topological polar surface area (TPSA) is 122 Å². The van der Waals surface area contributed by atoms with Crippen molar-refractivity contribution in [2.45, 2.75) is 6.42 Å². The summed E-state index contributed by atoms with van der Waals surface area (Å²) in [5.74, 6) is -1.31. The SMILES string of the molecule is COC(=O)CCOc1ccc(C(N)=O)cc1[N+](=O)[O-]. The van der Waals surface area contributed by atoms with Gasteiger partial charge in [-0.2, -0.15) is 0 Å². The van der Waals surface area contributed by atoms with E-state index < -0.39 is 16.8 Å². The van der Waals surface area contributed by atoms with Crippen molar-refractivity contribution in [2.24, 2.45) is 5.73 Å². The van der Waals surface area contributed by atoms with Crippen molar-refractivity contribution >= 4 is 17.6 Å². The summed E-state index contributed by atoms with van der Waals surface area (Å²) in [6.07, 6.45) is -0.0365. The van der Waals surface area contributed by atoms with Crippen LogP contribution in [0.3, 0.4) is 0 Å². The Morgan fingerprint density at radius 2 is 2.11 bits per heavy atom. The van der Waals surface area contributed by atoms with Gasteiger partial charge in [0.1, 0.15) is 0 Å². The van der Waals surface area contributed by atoms with E-state index in [2.05, 4.69) is 4.74 Å². The number of benzene rings is 1. The fourth-order valence-corrected chi connectivity index (χ4v) is 1.28. The first-order valence-corrected chi connectivity index (χ1v) is 5.23. The fraction of sp³-hybridized carbons (Fsp3) is 0.273. The highest BCUT2D eigenvalue weighted by atomic mass is 16.6. The van der Waals surface area contributed by atoms with Crippen LogP contribution in [0.5, 0.6) is 5.75 Å². The first-order chi connectivity index (χ1) is 8.95. The van der Waals surface area contributed by atoms with Gasteiger partial charge in [0.05, 0.1) is 25.1 Å². The molecule has 0 aromatic heterocycles. The van der Waals surface area contributed by atoms with E-state index in [4.69, 9.17) is 10.5 Å². The van der Waals surface area contributed by atoms with E-state index in [-0.39, 0.29) is 30.0 Å². The van der Waals surface area contributed by atoms with Crippen molar-refractivity contribution in [2.75, 3.05) is 13.7 Å². The molecule has 0 heterocycles. The smallest absolute Gasteiger partial charge is 0.311 e. The summed E-state index contributed by atoms with van der Waals surface area (Å²) < 4.78 is 9.51. The molecule has 8 nitrogen and oxygen atoms in total. The molecule has 1 rings (SSSR count). The summed E-state index contributed by atoms with van der Waals surface area (Å²) in [4.78, 5) is 31.9. The average molecular weight is 268 g/mol. The van der Waals surface area contributed by atoms with Gasteiger partial charge in [-0.1, -0.05) is 0 Å². The molecular weight excluding hydrogens is 256 g/mol. The van der Waals surface area contributed by atoms with Gasteiger partial charge in [-0.25, -0.2) is 0 Å². The van der Waals surface area contributed by atoms with Crippen LogP contribution in [0.1, 0.15) is 16.8 Å². The zero-order valence-electron chi connectivity index (χ0n) is 10.1. The van der Waals surface area contributed by atoms with Gasteiger partial charge in [0.2, 0.25) is 5.91 Å². The standard InChI is InChI=1S/C11H12N2O6/c1-18-10(14)4-5-19-9-3-2-7(11(12)15)6-8(9)13(16)17/h2-3,6H,4-5H2,1H3,(H2,12,15). The van der Waals surface area contributed by atoms with Crippen molar-refractivity contribution in [3.63, 3.8) is 0 Å². The molecule has 0 fully saturated rings. The van der Waals surface area contributed by atoms with E-state index in [0.717, 1.165) is 6.07 Å². The molecule has 0 bridgehead atoms. The van der Waals surface area contributed by atoms with Crippen LogP contribution < -0.4 is 10.5 Å². The number of nitrogens with two attached hydrogens (primary N) is 1. The molecule has 0 aliphatic carbocycles. The number of primary amides is 1. The Bertz CT molecular complexity index is 514. The van der Waals surface area contributed by atoms with E-state index in [1.54, 1.807) is 0 Å². The normalized spacial score (nSPS) is 9.74. The lowest BCUT2D eigenvalue weighted by atomic mass is 10.2. The van der Waals surface area contributed by atoms with Crippen molar-refractivity contribution in [1.82, 2.24) is 0 Å². The number of esters is 1. The van der Waals surface area contributed by atoms with Crippen LogP contribution in [0.2, 0.25) is 0 Å². The zero-order valence-corrected chi connectivity index (χ0v) is 10.1. The predicted octanol–water partition coefficient (Wildman–Crippen LogP) is 0.636. The monoisotopic (exact) mass is 268 g/mol. The van der Waals surface area contributed by atoms with E-state index in [1.807, 2.05) is 0 Å². The number of nitro benzene ring substituents is 1. The van der Waals surface area contributed by atoms with Gasteiger partial charge in [0.15, 0.2) is 5.75 Å². The van der Waals surface area contributed by atoms with Crippen molar-refractivity contribution < 1.29 is 24.0 Å². The number of carbonyl (C=O) groups is 2. The highest BCUT2D eigenvalue weighted by Gasteiger charge is 2.18. The third kappa shape index (κ3) is 3.95. The maximum absolute atomic E-state index is 10.9. The minimum atomic E-state index is -0.774. The first kappa shape index (κ1) is 14.4. The second-order valence-corrected chi connectivity index (χ2v) is 3.48. The Kier molecular flexibility index (Phi) is 4.81. The second-order valence-electron chi connectivity index (χ2n) is 3.48. The Hall–Kier alpha value is -2.64. The van der Waals surface area contributed by atoms with Gasteiger partial charge >= 0.3 is 11.7 Å². The summed E-state index contributed by atoms with van der Waals surface area (Å²) in [5.41, 5.74) is 4.65. The quantitative estimate of drug-likeness (QED) is 0.459. The van der Waals surface area contributed by atoms with Crippen LogP contribution in [-0.4, -0.2) is 30.5 Å². The van der Waals surface area contributed by atoms with Crippen LogP contribution >= 0.6 is 0 Å². The number of carbonyl (C=O) groups excluding carboxylic acids is 2. The summed E-state index contributed by atoms with van der Waals surface area (Å²) in [6.45, 7) is -0.0660. The molecule has 102 valence electrons. The molecule has 0 atom stereocenters. The van der Waals surface area contributed by atoms with Gasteiger partial charge in [-0.3, -0.25) is 19.7 Å². The predicted molar refractivity (Wildman–Crippen MR) is 63.7 cm³/mol. The fourth-order valence-electron chi connectivity index (χ4n) is 1.28. The molecule has 19 heavy (non-hydrogen) atoms. The van der Waals surface area contributed by atoms with Gasteiger partial charge in [0, 0.05) is 11.6 Å². The van der Waals surface area contributed by atoms with E-state index in [0.29, 0.717) is 0 Å². The average Bonchev–Trinajstić information content (AvgIpc) is 2.38. The lowest BCUT2D eigenvalue weighted by molar-refractivity contribution is -0.385. The molecule has 1 amide bonds. The number of nitro groups is 1. The summed E-state index contributed by atoms with van der Waals surface area (Å²) in [7, 11) is 1.23. The van der Waals surface area contributed by atoms with Gasteiger partial charge in [0.25, 0.3) is 0 Å². The number of hydrogen-bond donors (Lipinski definition) is 1. The molecule has 1 aromatic rings. The molecular formula is C11H12N2O6. The third-order valence-electron chi connectivity index (χ3n) is 2.23. The van der Waals surface area contributed by atoms with E-state index in [1.165, 1.54) is 19.2 Å². The molecule has 1 aromatic carbocycles.